The molecule has 0 saturated heterocycles. The van der Waals surface area contributed by atoms with E-state index in [4.69, 9.17) is 9.26 Å². The molecule has 0 atom stereocenters. The van der Waals surface area contributed by atoms with E-state index >= 15 is 0 Å². The molecule has 6 nitrogen and oxygen atoms in total. The second-order valence-electron chi connectivity index (χ2n) is 6.18. The largest absolute Gasteiger partial charge is 0.508 e. The first-order valence-electron chi connectivity index (χ1n) is 8.61. The van der Waals surface area contributed by atoms with Crippen molar-refractivity contribution in [1.29, 1.82) is 0 Å². The van der Waals surface area contributed by atoms with E-state index in [2.05, 4.69) is 10.1 Å². The molecule has 1 aromatic heterocycles. The van der Waals surface area contributed by atoms with Gasteiger partial charge in [-0.2, -0.15) is 4.98 Å². The topological polar surface area (TPSA) is 85.5 Å². The van der Waals surface area contributed by atoms with Crippen molar-refractivity contribution in [1.82, 2.24) is 10.1 Å². The van der Waals surface area contributed by atoms with Gasteiger partial charge in [-0.05, 0) is 67.6 Å². The maximum Gasteiger partial charge on any atom is 0.258 e. The summed E-state index contributed by atoms with van der Waals surface area (Å²) in [4.78, 5) is 15.9. The first-order chi connectivity index (χ1) is 13.6. The van der Waals surface area contributed by atoms with Gasteiger partial charge in [0.05, 0.1) is 0 Å². The molecule has 3 aromatic carbocycles. The van der Waals surface area contributed by atoms with Gasteiger partial charge >= 0.3 is 0 Å². The Kier molecular flexibility index (Phi) is 4.60. The third-order valence-corrected chi connectivity index (χ3v) is 4.13. The van der Waals surface area contributed by atoms with Crippen LogP contribution in [0.4, 0.5) is 0 Å². The lowest BCUT2D eigenvalue weighted by atomic mass is 10.1. The van der Waals surface area contributed by atoms with Crippen molar-refractivity contribution in [3.05, 3.63) is 78.4 Å². The number of rotatable bonds is 5. The molecule has 138 valence electrons. The van der Waals surface area contributed by atoms with Crippen LogP contribution in [0.15, 0.2) is 77.3 Å². The van der Waals surface area contributed by atoms with Gasteiger partial charge in [-0.25, -0.2) is 0 Å². The molecule has 1 N–H and O–H groups in total. The number of aromatic hydroxyl groups is 1. The zero-order chi connectivity index (χ0) is 19.5. The summed E-state index contributed by atoms with van der Waals surface area (Å²) in [5.74, 6) is 2.21. The third kappa shape index (κ3) is 3.76. The maximum absolute atomic E-state index is 11.5. The fourth-order valence-electron chi connectivity index (χ4n) is 2.65. The van der Waals surface area contributed by atoms with Gasteiger partial charge in [-0.3, -0.25) is 4.79 Å². The number of nitrogens with zero attached hydrogens (tertiary/aromatic N) is 2. The van der Waals surface area contributed by atoms with Crippen LogP contribution in [0.25, 0.3) is 22.8 Å². The minimum Gasteiger partial charge on any atom is -0.508 e. The van der Waals surface area contributed by atoms with E-state index in [-0.39, 0.29) is 11.5 Å². The lowest BCUT2D eigenvalue weighted by molar-refractivity contribution is 0.101. The number of hydrogen-bond donors (Lipinski definition) is 1. The lowest BCUT2D eigenvalue weighted by Crippen LogP contribution is -1.92. The van der Waals surface area contributed by atoms with Crippen molar-refractivity contribution in [2.24, 2.45) is 0 Å². The standard InChI is InChI=1S/C22H16N2O4/c1-14(25)17-3-2-4-20(13-17)27-19-11-7-15(8-12-19)21-23-22(28-24-21)16-5-9-18(26)10-6-16/h2-13,26H,1H3. The van der Waals surface area contributed by atoms with Gasteiger partial charge < -0.3 is 14.4 Å². The van der Waals surface area contributed by atoms with Gasteiger partial charge in [0.25, 0.3) is 5.89 Å². The number of carbonyl (C=O) groups is 1. The zero-order valence-corrected chi connectivity index (χ0v) is 15.0. The summed E-state index contributed by atoms with van der Waals surface area (Å²) in [6.45, 7) is 1.52. The monoisotopic (exact) mass is 372 g/mol. The second kappa shape index (κ2) is 7.36. The molecule has 0 aliphatic rings. The summed E-state index contributed by atoms with van der Waals surface area (Å²) in [5, 5.41) is 13.4. The highest BCUT2D eigenvalue weighted by Gasteiger charge is 2.11. The number of carbonyl (C=O) groups excluding carboxylic acids is 1. The molecule has 0 fully saturated rings. The molecule has 4 rings (SSSR count). The molecule has 0 bridgehead atoms. The lowest BCUT2D eigenvalue weighted by Gasteiger charge is -2.07. The SMILES string of the molecule is CC(=O)c1cccc(Oc2ccc(-c3noc(-c4ccc(O)cc4)n3)cc2)c1. The Balaban J connectivity index is 1.51. The number of hydrogen-bond acceptors (Lipinski definition) is 6. The van der Waals surface area contributed by atoms with E-state index < -0.39 is 0 Å². The molecule has 0 unspecified atom stereocenters. The van der Waals surface area contributed by atoms with Crippen LogP contribution in [-0.4, -0.2) is 21.0 Å². The van der Waals surface area contributed by atoms with Crippen LogP contribution < -0.4 is 4.74 Å². The second-order valence-corrected chi connectivity index (χ2v) is 6.18. The van der Waals surface area contributed by atoms with Crippen LogP contribution in [-0.2, 0) is 0 Å². The van der Waals surface area contributed by atoms with E-state index in [0.717, 1.165) is 11.1 Å². The molecule has 1 heterocycles. The molecule has 0 aliphatic carbocycles. The summed E-state index contributed by atoms with van der Waals surface area (Å²) in [5.41, 5.74) is 2.10. The number of phenolic OH excluding ortho intramolecular Hbond substituents is 1. The smallest absolute Gasteiger partial charge is 0.258 e. The van der Waals surface area contributed by atoms with Crippen molar-refractivity contribution < 1.29 is 19.2 Å². The van der Waals surface area contributed by atoms with Crippen LogP contribution in [0.3, 0.4) is 0 Å². The average Bonchev–Trinajstić information content (AvgIpc) is 3.19. The quantitative estimate of drug-likeness (QED) is 0.490. The van der Waals surface area contributed by atoms with Crippen LogP contribution in [0.1, 0.15) is 17.3 Å². The minimum absolute atomic E-state index is 0.0117. The summed E-state index contributed by atoms with van der Waals surface area (Å²) >= 11 is 0. The van der Waals surface area contributed by atoms with E-state index in [0.29, 0.717) is 28.8 Å². The Morgan fingerprint density at radius 2 is 1.64 bits per heavy atom. The number of phenols is 1. The first kappa shape index (κ1) is 17.5. The van der Waals surface area contributed by atoms with Gasteiger partial charge in [0.1, 0.15) is 17.2 Å². The van der Waals surface area contributed by atoms with E-state index in [1.807, 2.05) is 12.1 Å². The summed E-state index contributed by atoms with van der Waals surface area (Å²) in [6.07, 6.45) is 0. The van der Waals surface area contributed by atoms with Crippen LogP contribution in [0, 0.1) is 0 Å². The highest BCUT2D eigenvalue weighted by atomic mass is 16.5. The molecule has 6 heteroatoms. The molecule has 0 radical (unpaired) electrons. The Labute approximate surface area is 161 Å². The third-order valence-electron chi connectivity index (χ3n) is 4.13. The van der Waals surface area contributed by atoms with Crippen molar-refractivity contribution in [2.75, 3.05) is 0 Å². The Morgan fingerprint density at radius 1 is 0.929 bits per heavy atom. The molecular weight excluding hydrogens is 356 g/mol. The number of Topliss-reactive ketones (excluding diaryl/α,β-unsaturated/α-hetero) is 1. The predicted octanol–water partition coefficient (Wildman–Crippen LogP) is 5.10. The van der Waals surface area contributed by atoms with Gasteiger partial charge in [-0.15, -0.1) is 0 Å². The van der Waals surface area contributed by atoms with Crippen molar-refractivity contribution in [3.8, 4) is 40.1 Å². The number of benzene rings is 3. The summed E-state index contributed by atoms with van der Waals surface area (Å²) in [6, 6.07) is 20.8. The number of ether oxygens (including phenoxy) is 1. The Morgan fingerprint density at radius 3 is 2.36 bits per heavy atom. The van der Waals surface area contributed by atoms with Crippen LogP contribution in [0.5, 0.6) is 17.2 Å². The first-order valence-corrected chi connectivity index (χ1v) is 8.61. The summed E-state index contributed by atoms with van der Waals surface area (Å²) < 4.78 is 11.1. The highest BCUT2D eigenvalue weighted by molar-refractivity contribution is 5.94. The molecule has 0 aliphatic heterocycles. The molecule has 0 saturated carbocycles. The molecule has 0 spiro atoms. The highest BCUT2D eigenvalue weighted by Crippen LogP contribution is 2.27. The number of ketones is 1. The number of aromatic nitrogens is 2. The molecule has 28 heavy (non-hydrogen) atoms. The van der Waals surface area contributed by atoms with E-state index in [9.17, 15) is 9.90 Å². The fraction of sp³-hybridized carbons (Fsp3) is 0.0455. The van der Waals surface area contributed by atoms with E-state index in [1.54, 1.807) is 60.7 Å². The predicted molar refractivity (Wildman–Crippen MR) is 103 cm³/mol. The van der Waals surface area contributed by atoms with Gasteiger partial charge in [-0.1, -0.05) is 17.3 Å². The van der Waals surface area contributed by atoms with Crippen molar-refractivity contribution in [3.63, 3.8) is 0 Å². The van der Waals surface area contributed by atoms with Crippen molar-refractivity contribution in [2.45, 2.75) is 6.92 Å². The Hall–Kier alpha value is -3.93. The normalized spacial score (nSPS) is 10.6. The van der Waals surface area contributed by atoms with Gasteiger partial charge in [0, 0.05) is 16.7 Å². The van der Waals surface area contributed by atoms with Crippen LogP contribution in [0.2, 0.25) is 0 Å². The Bertz CT molecular complexity index is 1120. The minimum atomic E-state index is -0.0117. The van der Waals surface area contributed by atoms with Gasteiger partial charge in [0.2, 0.25) is 5.82 Å². The zero-order valence-electron chi connectivity index (χ0n) is 15.0. The molecule has 0 amide bonds. The van der Waals surface area contributed by atoms with Crippen LogP contribution >= 0.6 is 0 Å². The van der Waals surface area contributed by atoms with Gasteiger partial charge in [0.15, 0.2) is 5.78 Å². The molecular formula is C22H16N2O4. The van der Waals surface area contributed by atoms with Crippen molar-refractivity contribution >= 4 is 5.78 Å². The summed E-state index contributed by atoms with van der Waals surface area (Å²) in [7, 11) is 0. The molecule has 4 aromatic rings. The maximum atomic E-state index is 11.5. The average molecular weight is 372 g/mol. The van der Waals surface area contributed by atoms with E-state index in [1.165, 1.54) is 6.92 Å². The fourth-order valence-corrected chi connectivity index (χ4v) is 2.65.